The summed E-state index contributed by atoms with van der Waals surface area (Å²) in [4.78, 5) is 24.2. The van der Waals surface area contributed by atoms with Crippen LogP contribution in [0.25, 0.3) is 0 Å². The lowest BCUT2D eigenvalue weighted by Gasteiger charge is -2.34. The normalized spacial score (nSPS) is 24.2. The average Bonchev–Trinajstić information content (AvgIpc) is 2.69. The smallest absolute Gasteiger partial charge is 0.480 e. The van der Waals surface area contributed by atoms with Crippen molar-refractivity contribution in [3.05, 3.63) is 41.1 Å². The molecule has 1 fully saturated rings. The van der Waals surface area contributed by atoms with Crippen molar-refractivity contribution in [2.45, 2.75) is 56.5 Å². The van der Waals surface area contributed by atoms with Gasteiger partial charge in [-0.15, -0.1) is 13.2 Å². The number of hydrogen-bond donors (Lipinski definition) is 3. The first-order valence-corrected chi connectivity index (χ1v) is 10.6. The number of alkyl halides is 3. The molecule has 0 unspecified atom stereocenters. The number of carbonyl (C=O) groups is 2. The highest BCUT2D eigenvalue weighted by molar-refractivity contribution is 6.30. The van der Waals surface area contributed by atoms with E-state index in [-0.39, 0.29) is 38.8 Å². The van der Waals surface area contributed by atoms with E-state index in [0.29, 0.717) is 22.0 Å². The Bertz CT molecular complexity index is 891. The van der Waals surface area contributed by atoms with Gasteiger partial charge in [0.25, 0.3) is 5.91 Å². The van der Waals surface area contributed by atoms with Gasteiger partial charge < -0.3 is 25.2 Å². The predicted molar refractivity (Wildman–Crippen MR) is 110 cm³/mol. The van der Waals surface area contributed by atoms with E-state index in [1.165, 1.54) is 0 Å². The molecule has 1 heterocycles. The predicted octanol–water partition coefficient (Wildman–Crippen LogP) is 2.74. The molecule has 0 aromatic heterocycles. The van der Waals surface area contributed by atoms with E-state index in [2.05, 4.69) is 21.9 Å². The molecule has 2 aliphatic rings. The molecule has 0 saturated heterocycles. The van der Waals surface area contributed by atoms with Crippen LogP contribution in [0.1, 0.15) is 37.4 Å². The van der Waals surface area contributed by atoms with Gasteiger partial charge in [0.15, 0.2) is 6.10 Å². The number of carbonyl (C=O) groups excluding carboxylic acids is 2. The minimum Gasteiger partial charge on any atom is -0.480 e. The lowest BCUT2D eigenvalue weighted by atomic mass is 9.92. The van der Waals surface area contributed by atoms with Crippen LogP contribution in [0.2, 0.25) is 5.02 Å². The second-order valence-corrected chi connectivity index (χ2v) is 8.26. The highest BCUT2D eigenvalue weighted by atomic mass is 35.5. The van der Waals surface area contributed by atoms with Crippen molar-refractivity contribution < 1.29 is 42.1 Å². The van der Waals surface area contributed by atoms with Crippen molar-refractivity contribution in [1.29, 1.82) is 0 Å². The van der Waals surface area contributed by atoms with Gasteiger partial charge in [-0.2, -0.15) is 0 Å². The third kappa shape index (κ3) is 7.60. The number of hydrogen-bond acceptors (Lipinski definition) is 6. The minimum absolute atomic E-state index is 0.0521. The molecule has 1 aliphatic carbocycles. The molecule has 1 aromatic rings. The SMILES string of the molecule is C=C(CCNC(=O)COC1CC(OC(F)(F)F)C1)NC(=O)[C@H]1C[C@@H](O)c2cc(Cl)ccc2O1. The molecule has 2 atom stereocenters. The Morgan fingerprint density at radius 1 is 1.24 bits per heavy atom. The fourth-order valence-corrected chi connectivity index (χ4v) is 3.61. The number of aliphatic hydroxyl groups is 1. The largest absolute Gasteiger partial charge is 0.522 e. The zero-order chi connectivity index (χ0) is 24.2. The first-order chi connectivity index (χ1) is 15.5. The monoisotopic (exact) mass is 492 g/mol. The van der Waals surface area contributed by atoms with Crippen molar-refractivity contribution in [3.63, 3.8) is 0 Å². The van der Waals surface area contributed by atoms with Gasteiger partial charge in [0.2, 0.25) is 5.91 Å². The van der Waals surface area contributed by atoms with Gasteiger partial charge in [-0.05, 0) is 18.2 Å². The van der Waals surface area contributed by atoms with E-state index < -0.39 is 42.6 Å². The maximum Gasteiger partial charge on any atom is 0.522 e. The maximum absolute atomic E-state index is 12.4. The van der Waals surface area contributed by atoms with Crippen LogP contribution in [-0.4, -0.2) is 54.7 Å². The Balaban J connectivity index is 1.30. The first-order valence-electron chi connectivity index (χ1n) is 10.3. The van der Waals surface area contributed by atoms with E-state index in [1.54, 1.807) is 18.2 Å². The number of benzene rings is 1. The van der Waals surface area contributed by atoms with Crippen LogP contribution in [0.3, 0.4) is 0 Å². The maximum atomic E-state index is 12.4. The summed E-state index contributed by atoms with van der Waals surface area (Å²) in [5.41, 5.74) is 0.855. The van der Waals surface area contributed by atoms with Crippen LogP contribution >= 0.6 is 11.6 Å². The van der Waals surface area contributed by atoms with Crippen molar-refractivity contribution in [2.24, 2.45) is 0 Å². The Kier molecular flexibility index (Phi) is 8.22. The van der Waals surface area contributed by atoms with E-state index in [1.807, 2.05) is 0 Å². The topological polar surface area (TPSA) is 106 Å². The third-order valence-electron chi connectivity index (χ3n) is 5.18. The van der Waals surface area contributed by atoms with Gasteiger partial charge in [-0.3, -0.25) is 14.3 Å². The van der Waals surface area contributed by atoms with Crippen LogP contribution < -0.4 is 15.4 Å². The Morgan fingerprint density at radius 2 is 1.97 bits per heavy atom. The zero-order valence-electron chi connectivity index (χ0n) is 17.5. The molecule has 1 saturated carbocycles. The van der Waals surface area contributed by atoms with Crippen LogP contribution in [-0.2, 0) is 19.1 Å². The summed E-state index contributed by atoms with van der Waals surface area (Å²) < 4.78 is 50.9. The number of ether oxygens (including phenoxy) is 3. The first kappa shape index (κ1) is 25.3. The molecular formula is C21H24ClF3N2O6. The number of nitrogens with one attached hydrogen (secondary N) is 2. The van der Waals surface area contributed by atoms with Gasteiger partial charge in [0.05, 0.1) is 18.3 Å². The number of amides is 2. The third-order valence-corrected chi connectivity index (χ3v) is 5.42. The highest BCUT2D eigenvalue weighted by Crippen LogP contribution is 2.36. The zero-order valence-corrected chi connectivity index (χ0v) is 18.2. The van der Waals surface area contributed by atoms with Crippen LogP contribution in [0.5, 0.6) is 5.75 Å². The van der Waals surface area contributed by atoms with Crippen molar-refractivity contribution in [2.75, 3.05) is 13.2 Å². The van der Waals surface area contributed by atoms with Gasteiger partial charge in [-0.25, -0.2) is 0 Å². The highest BCUT2D eigenvalue weighted by Gasteiger charge is 2.40. The molecular weight excluding hydrogens is 469 g/mol. The Labute approximate surface area is 193 Å². The summed E-state index contributed by atoms with van der Waals surface area (Å²) in [6.07, 6.45) is -7.44. The van der Waals surface area contributed by atoms with Crippen LogP contribution in [0.15, 0.2) is 30.5 Å². The Hall–Kier alpha value is -2.34. The quantitative estimate of drug-likeness (QED) is 0.489. The molecule has 0 bridgehead atoms. The fraction of sp³-hybridized carbons (Fsp3) is 0.524. The van der Waals surface area contributed by atoms with Gasteiger partial charge in [-0.1, -0.05) is 18.2 Å². The molecule has 2 amide bonds. The second kappa shape index (κ2) is 10.7. The molecule has 3 rings (SSSR count). The molecule has 182 valence electrons. The van der Waals surface area contributed by atoms with Gasteiger partial charge >= 0.3 is 6.36 Å². The molecule has 0 spiro atoms. The molecule has 33 heavy (non-hydrogen) atoms. The van der Waals surface area contributed by atoms with Crippen molar-refractivity contribution in [3.8, 4) is 5.75 Å². The van der Waals surface area contributed by atoms with E-state index in [4.69, 9.17) is 21.1 Å². The molecule has 0 radical (unpaired) electrons. The fourth-order valence-electron chi connectivity index (χ4n) is 3.43. The molecule has 3 N–H and O–H groups in total. The summed E-state index contributed by atoms with van der Waals surface area (Å²) in [6.45, 7) is 3.62. The summed E-state index contributed by atoms with van der Waals surface area (Å²) >= 11 is 5.91. The molecule has 1 aliphatic heterocycles. The van der Waals surface area contributed by atoms with Gasteiger partial charge in [0.1, 0.15) is 12.4 Å². The van der Waals surface area contributed by atoms with E-state index in [0.717, 1.165) is 0 Å². The molecule has 8 nitrogen and oxygen atoms in total. The van der Waals surface area contributed by atoms with Crippen molar-refractivity contribution >= 4 is 23.4 Å². The minimum atomic E-state index is -4.67. The summed E-state index contributed by atoms with van der Waals surface area (Å²) in [5.74, 6) is -0.544. The summed E-state index contributed by atoms with van der Waals surface area (Å²) in [5, 5.41) is 15.9. The number of fused-ring (bicyclic) bond motifs is 1. The van der Waals surface area contributed by atoms with Gasteiger partial charge in [0, 0.05) is 48.5 Å². The molecule has 12 heteroatoms. The number of rotatable bonds is 9. The number of aliphatic hydroxyl groups excluding tert-OH is 1. The number of halogens is 4. The van der Waals surface area contributed by atoms with E-state index >= 15 is 0 Å². The Morgan fingerprint density at radius 3 is 2.67 bits per heavy atom. The van der Waals surface area contributed by atoms with Crippen LogP contribution in [0, 0.1) is 0 Å². The molecule has 1 aromatic carbocycles. The lowest BCUT2D eigenvalue weighted by Crippen LogP contribution is -2.42. The average molecular weight is 493 g/mol. The summed E-state index contributed by atoms with van der Waals surface area (Å²) in [7, 11) is 0. The second-order valence-electron chi connectivity index (χ2n) is 7.82. The summed E-state index contributed by atoms with van der Waals surface area (Å²) in [6, 6.07) is 4.76. The van der Waals surface area contributed by atoms with Crippen molar-refractivity contribution in [1.82, 2.24) is 10.6 Å². The standard InChI is InChI=1S/C21H24ClF3N2O6/c1-11(4-5-26-19(29)10-31-13-7-14(8-13)33-21(23,24)25)27-20(30)18-9-16(28)15-6-12(22)2-3-17(15)32-18/h2-3,6,13-14,16,18,28H,1,4-5,7-10H2,(H,26,29)(H,27,30)/t13?,14?,16-,18-/m1/s1. The van der Waals surface area contributed by atoms with Crippen LogP contribution in [0.4, 0.5) is 13.2 Å². The van der Waals surface area contributed by atoms with E-state index in [9.17, 15) is 27.9 Å². The lowest BCUT2D eigenvalue weighted by molar-refractivity contribution is -0.357.